The molecule has 0 unspecified atom stereocenters. The summed E-state index contributed by atoms with van der Waals surface area (Å²) < 4.78 is 36.1. The van der Waals surface area contributed by atoms with Gasteiger partial charge in [-0.2, -0.15) is 13.2 Å². The number of hydrogen-bond donors (Lipinski definition) is 1. The number of anilines is 1. The molecule has 0 aromatic carbocycles. The first-order valence-electron chi connectivity index (χ1n) is 5.29. The van der Waals surface area contributed by atoms with E-state index in [1.54, 1.807) is 31.1 Å². The van der Waals surface area contributed by atoms with Crippen LogP contribution in [0.15, 0.2) is 18.2 Å². The zero-order valence-corrected chi connectivity index (χ0v) is 9.88. The summed E-state index contributed by atoms with van der Waals surface area (Å²) in [6.45, 7) is 0.389. The molecule has 1 aromatic rings. The number of rotatable bonds is 5. The monoisotopic (exact) mass is 247 g/mol. The lowest BCUT2D eigenvalue weighted by Crippen LogP contribution is -2.24. The number of hydrogen-bond acceptors (Lipinski definition) is 3. The van der Waals surface area contributed by atoms with Crippen molar-refractivity contribution in [3.63, 3.8) is 0 Å². The van der Waals surface area contributed by atoms with Crippen molar-refractivity contribution in [3.8, 4) is 0 Å². The lowest BCUT2D eigenvalue weighted by atomic mass is 10.3. The number of nitrogens with one attached hydrogen (secondary N) is 1. The van der Waals surface area contributed by atoms with Crippen LogP contribution in [0.5, 0.6) is 0 Å². The van der Waals surface area contributed by atoms with E-state index in [1.807, 2.05) is 6.07 Å². The molecule has 0 aliphatic carbocycles. The number of aromatic nitrogens is 1. The lowest BCUT2D eigenvalue weighted by molar-refractivity contribution is -0.137. The van der Waals surface area contributed by atoms with Crippen LogP contribution in [0.1, 0.15) is 12.1 Å². The van der Waals surface area contributed by atoms with E-state index in [9.17, 15) is 13.2 Å². The third kappa shape index (κ3) is 5.53. The molecule has 1 rings (SSSR count). The van der Waals surface area contributed by atoms with Gasteiger partial charge in [-0.25, -0.2) is 4.98 Å². The maximum atomic E-state index is 12.0. The minimum atomic E-state index is -4.10. The van der Waals surface area contributed by atoms with E-state index in [0.29, 0.717) is 12.4 Å². The molecule has 0 fully saturated rings. The fourth-order valence-electron chi connectivity index (χ4n) is 1.38. The van der Waals surface area contributed by atoms with Gasteiger partial charge in [0.2, 0.25) is 0 Å². The van der Waals surface area contributed by atoms with E-state index < -0.39 is 12.6 Å². The molecule has 0 spiro atoms. The van der Waals surface area contributed by atoms with E-state index >= 15 is 0 Å². The van der Waals surface area contributed by atoms with Gasteiger partial charge in [0.1, 0.15) is 5.82 Å². The van der Waals surface area contributed by atoms with Crippen LogP contribution in [0.2, 0.25) is 0 Å². The quantitative estimate of drug-likeness (QED) is 0.866. The van der Waals surface area contributed by atoms with E-state index in [4.69, 9.17) is 0 Å². The highest BCUT2D eigenvalue weighted by Crippen LogP contribution is 2.19. The van der Waals surface area contributed by atoms with Crippen LogP contribution >= 0.6 is 0 Å². The minimum Gasteiger partial charge on any atom is -0.373 e. The van der Waals surface area contributed by atoms with E-state index in [0.717, 1.165) is 5.69 Å². The molecule has 0 bridgehead atoms. The molecule has 1 aromatic heterocycles. The Morgan fingerprint density at radius 2 is 2.06 bits per heavy atom. The second kappa shape index (κ2) is 5.86. The first-order chi connectivity index (χ1) is 7.90. The largest absolute Gasteiger partial charge is 0.390 e. The van der Waals surface area contributed by atoms with Crippen molar-refractivity contribution in [3.05, 3.63) is 23.9 Å². The van der Waals surface area contributed by atoms with Crippen molar-refractivity contribution in [2.24, 2.45) is 0 Å². The minimum absolute atomic E-state index is 0.0189. The summed E-state index contributed by atoms with van der Waals surface area (Å²) in [5, 5.41) is 2.89. The topological polar surface area (TPSA) is 28.2 Å². The van der Waals surface area contributed by atoms with Crippen LogP contribution in [0.4, 0.5) is 19.0 Å². The Morgan fingerprint density at radius 1 is 1.35 bits per heavy atom. The van der Waals surface area contributed by atoms with Crippen molar-refractivity contribution in [1.29, 1.82) is 0 Å². The van der Waals surface area contributed by atoms with Gasteiger partial charge in [-0.1, -0.05) is 6.07 Å². The Balaban J connectivity index is 2.47. The van der Waals surface area contributed by atoms with Gasteiger partial charge in [0, 0.05) is 20.1 Å². The molecule has 0 aliphatic heterocycles. The zero-order valence-electron chi connectivity index (χ0n) is 9.88. The van der Waals surface area contributed by atoms with E-state index in [-0.39, 0.29) is 6.54 Å². The van der Waals surface area contributed by atoms with Crippen LogP contribution in [0.25, 0.3) is 0 Å². The van der Waals surface area contributed by atoms with Crippen molar-refractivity contribution in [1.82, 2.24) is 9.88 Å². The molecule has 0 radical (unpaired) electrons. The highest BCUT2D eigenvalue weighted by molar-refractivity contribution is 5.34. The molecule has 17 heavy (non-hydrogen) atoms. The summed E-state index contributed by atoms with van der Waals surface area (Å²) in [5.74, 6) is 0.715. The molecule has 0 atom stereocenters. The Kier molecular flexibility index (Phi) is 4.74. The second-order valence-corrected chi connectivity index (χ2v) is 3.87. The summed E-state index contributed by atoms with van der Waals surface area (Å²) in [6.07, 6.45) is -4.90. The molecule has 1 N–H and O–H groups in total. The molecule has 0 saturated heterocycles. The molecule has 6 heteroatoms. The number of alkyl halides is 3. The predicted molar refractivity (Wildman–Crippen MR) is 60.8 cm³/mol. The smallest absolute Gasteiger partial charge is 0.373 e. The fraction of sp³-hybridized carbons (Fsp3) is 0.545. The van der Waals surface area contributed by atoms with Gasteiger partial charge in [-0.05, 0) is 19.2 Å². The van der Waals surface area contributed by atoms with Gasteiger partial charge >= 0.3 is 6.18 Å². The molecule has 0 saturated carbocycles. The van der Waals surface area contributed by atoms with Crippen molar-refractivity contribution >= 4 is 5.82 Å². The Hall–Kier alpha value is -1.30. The van der Waals surface area contributed by atoms with E-state index in [2.05, 4.69) is 10.3 Å². The van der Waals surface area contributed by atoms with Gasteiger partial charge in [-0.15, -0.1) is 0 Å². The van der Waals surface area contributed by atoms with Gasteiger partial charge < -0.3 is 10.2 Å². The number of pyridine rings is 1. The first kappa shape index (κ1) is 13.8. The fourth-order valence-corrected chi connectivity index (χ4v) is 1.38. The summed E-state index contributed by atoms with van der Waals surface area (Å²) in [5.41, 5.74) is 0.751. The third-order valence-corrected chi connectivity index (χ3v) is 2.27. The van der Waals surface area contributed by atoms with Crippen molar-refractivity contribution < 1.29 is 13.2 Å². The second-order valence-electron chi connectivity index (χ2n) is 3.87. The predicted octanol–water partition coefficient (Wildman–Crippen LogP) is 2.51. The molecule has 1 heterocycles. The zero-order chi connectivity index (χ0) is 12.9. The maximum absolute atomic E-state index is 12.0. The highest BCUT2D eigenvalue weighted by atomic mass is 19.4. The van der Waals surface area contributed by atoms with Crippen LogP contribution < -0.4 is 5.32 Å². The first-order valence-corrected chi connectivity index (χ1v) is 5.29. The average molecular weight is 247 g/mol. The number of nitrogens with zero attached hydrogens (tertiary/aromatic N) is 2. The molecule has 0 aliphatic rings. The molecular weight excluding hydrogens is 231 g/mol. The normalized spacial score (nSPS) is 11.9. The lowest BCUT2D eigenvalue weighted by Gasteiger charge is -2.17. The SMILES string of the molecule is CNc1cccc(CN(C)CCC(F)(F)F)n1. The van der Waals surface area contributed by atoms with Crippen LogP contribution in [0.3, 0.4) is 0 Å². The standard InChI is InChI=1S/C11H16F3N3/c1-15-10-5-3-4-9(16-10)8-17(2)7-6-11(12,13)14/h3-5H,6-8H2,1-2H3,(H,15,16). The third-order valence-electron chi connectivity index (χ3n) is 2.27. The van der Waals surface area contributed by atoms with Gasteiger partial charge in [-0.3, -0.25) is 0 Å². The Bertz CT molecular complexity index is 352. The molecule has 96 valence electrons. The molecule has 3 nitrogen and oxygen atoms in total. The molecule has 0 amide bonds. The Morgan fingerprint density at radius 3 is 2.65 bits per heavy atom. The maximum Gasteiger partial charge on any atom is 0.390 e. The van der Waals surface area contributed by atoms with Crippen molar-refractivity contribution in [2.45, 2.75) is 19.1 Å². The van der Waals surface area contributed by atoms with Gasteiger partial charge in [0.25, 0.3) is 0 Å². The summed E-state index contributed by atoms with van der Waals surface area (Å²) in [6, 6.07) is 5.43. The average Bonchev–Trinajstić information content (AvgIpc) is 2.26. The van der Waals surface area contributed by atoms with E-state index in [1.165, 1.54) is 0 Å². The van der Waals surface area contributed by atoms with Crippen molar-refractivity contribution in [2.75, 3.05) is 26.0 Å². The Labute approximate surface area is 98.6 Å². The summed E-state index contributed by atoms with van der Waals surface area (Å²) >= 11 is 0. The van der Waals surface area contributed by atoms with Crippen LogP contribution in [-0.2, 0) is 6.54 Å². The van der Waals surface area contributed by atoms with Gasteiger partial charge in [0.15, 0.2) is 0 Å². The summed E-state index contributed by atoms with van der Waals surface area (Å²) in [7, 11) is 3.40. The van der Waals surface area contributed by atoms with Gasteiger partial charge in [0.05, 0.1) is 12.1 Å². The highest BCUT2D eigenvalue weighted by Gasteiger charge is 2.27. The van der Waals surface area contributed by atoms with Crippen LogP contribution in [-0.4, -0.2) is 36.7 Å². The van der Waals surface area contributed by atoms with Crippen LogP contribution in [0, 0.1) is 0 Å². The molecular formula is C11H16F3N3. The number of halogens is 3. The summed E-state index contributed by atoms with van der Waals surface area (Å²) in [4.78, 5) is 5.85.